The summed E-state index contributed by atoms with van der Waals surface area (Å²) in [6, 6.07) is 4.37. The van der Waals surface area contributed by atoms with Crippen LogP contribution in [0.4, 0.5) is 5.69 Å². The molecule has 136 valence electrons. The third kappa shape index (κ3) is 3.81. The molecule has 1 aliphatic rings. The van der Waals surface area contributed by atoms with E-state index in [0.717, 1.165) is 53.7 Å². The van der Waals surface area contributed by atoms with Gasteiger partial charge >= 0.3 is 0 Å². The van der Waals surface area contributed by atoms with Gasteiger partial charge in [0.05, 0.1) is 12.3 Å². The Hall–Kier alpha value is -1.63. The van der Waals surface area contributed by atoms with Gasteiger partial charge in [0.25, 0.3) is 5.91 Å². The number of nitrogen functional groups attached to an aromatic ring is 1. The molecule has 1 unspecified atom stereocenters. The smallest absolute Gasteiger partial charge is 0.263 e. The number of aryl methyl sites for hydroxylation is 1. The first-order valence-electron chi connectivity index (χ1n) is 8.87. The minimum Gasteiger partial charge on any atom is -0.397 e. The number of fused-ring (bicyclic) bond motifs is 1. The number of nitrogens with two attached hydrogens (primary N) is 1. The summed E-state index contributed by atoms with van der Waals surface area (Å²) in [7, 11) is 1.67. The van der Waals surface area contributed by atoms with Gasteiger partial charge in [0.1, 0.15) is 4.88 Å². The van der Waals surface area contributed by atoms with Crippen LogP contribution in [0.25, 0.3) is 10.1 Å². The molecule has 0 spiro atoms. The van der Waals surface area contributed by atoms with Crippen LogP contribution in [0.5, 0.6) is 0 Å². The maximum atomic E-state index is 12.8. The zero-order chi connectivity index (χ0) is 18.0. The summed E-state index contributed by atoms with van der Waals surface area (Å²) in [6.07, 6.45) is 2.15. The zero-order valence-electron chi connectivity index (χ0n) is 15.2. The zero-order valence-corrected chi connectivity index (χ0v) is 16.0. The van der Waals surface area contributed by atoms with Crippen LogP contribution >= 0.6 is 11.3 Å². The minimum absolute atomic E-state index is 0.0531. The number of nitrogens with one attached hydrogen (secondary N) is 1. The van der Waals surface area contributed by atoms with Crippen molar-refractivity contribution in [2.45, 2.75) is 39.3 Å². The summed E-state index contributed by atoms with van der Waals surface area (Å²) in [5.41, 5.74) is 9.13. The van der Waals surface area contributed by atoms with E-state index < -0.39 is 0 Å². The summed E-state index contributed by atoms with van der Waals surface area (Å²) in [5, 5.41) is 4.15. The van der Waals surface area contributed by atoms with Gasteiger partial charge in [-0.2, -0.15) is 0 Å². The molecule has 1 atom stereocenters. The van der Waals surface area contributed by atoms with E-state index >= 15 is 0 Å². The summed E-state index contributed by atoms with van der Waals surface area (Å²) in [4.78, 5) is 15.8. The maximum absolute atomic E-state index is 12.8. The number of thiophene rings is 1. The molecule has 2 heterocycles. The third-order valence-electron chi connectivity index (χ3n) is 4.85. The highest BCUT2D eigenvalue weighted by molar-refractivity contribution is 7.21. The predicted molar refractivity (Wildman–Crippen MR) is 104 cm³/mol. The van der Waals surface area contributed by atoms with Crippen molar-refractivity contribution >= 4 is 33.0 Å². The van der Waals surface area contributed by atoms with Crippen molar-refractivity contribution in [3.8, 4) is 0 Å². The fraction of sp³-hybridized carbons (Fsp3) is 0.526. The monoisotopic (exact) mass is 361 g/mol. The molecule has 1 amide bonds. The van der Waals surface area contributed by atoms with Crippen LogP contribution in [0.2, 0.25) is 0 Å². The average molecular weight is 362 g/mol. The van der Waals surface area contributed by atoms with Crippen LogP contribution in [-0.4, -0.2) is 43.6 Å². The highest BCUT2D eigenvalue weighted by Crippen LogP contribution is 2.37. The Morgan fingerprint density at radius 3 is 3.00 bits per heavy atom. The number of hydrogen-bond acceptors (Lipinski definition) is 5. The molecule has 1 aromatic heterocycles. The van der Waals surface area contributed by atoms with E-state index in [0.29, 0.717) is 17.2 Å². The summed E-state index contributed by atoms with van der Waals surface area (Å²) >= 11 is 1.48. The normalized spacial score (nSPS) is 18.6. The molecule has 2 aromatic rings. The second-order valence-corrected chi connectivity index (χ2v) is 7.83. The van der Waals surface area contributed by atoms with E-state index in [1.807, 2.05) is 0 Å². The van der Waals surface area contributed by atoms with Crippen molar-refractivity contribution in [1.82, 2.24) is 10.2 Å². The first kappa shape index (κ1) is 18.2. The highest BCUT2D eigenvalue weighted by Gasteiger charge is 2.24. The van der Waals surface area contributed by atoms with Crippen LogP contribution < -0.4 is 11.1 Å². The van der Waals surface area contributed by atoms with Crippen LogP contribution in [-0.2, 0) is 11.3 Å². The fourth-order valence-corrected chi connectivity index (χ4v) is 4.81. The summed E-state index contributed by atoms with van der Waals surface area (Å²) < 4.78 is 6.35. The Balaban J connectivity index is 1.86. The largest absolute Gasteiger partial charge is 0.397 e. The molecule has 1 aliphatic heterocycles. The number of rotatable bonds is 5. The van der Waals surface area contributed by atoms with Gasteiger partial charge in [-0.05, 0) is 50.0 Å². The van der Waals surface area contributed by atoms with E-state index in [1.165, 1.54) is 11.3 Å². The van der Waals surface area contributed by atoms with Gasteiger partial charge in [-0.3, -0.25) is 4.79 Å². The SMILES string of the molecule is CCN1CCCC(NC(=O)c2sc3cc(C)cc(COC)c3c2N)C1. The van der Waals surface area contributed by atoms with Crippen molar-refractivity contribution in [2.24, 2.45) is 0 Å². The highest BCUT2D eigenvalue weighted by atomic mass is 32.1. The summed E-state index contributed by atoms with van der Waals surface area (Å²) in [6.45, 7) is 7.77. The van der Waals surface area contributed by atoms with Crippen LogP contribution in [0.1, 0.15) is 40.6 Å². The minimum atomic E-state index is -0.0531. The van der Waals surface area contributed by atoms with E-state index in [-0.39, 0.29) is 11.9 Å². The van der Waals surface area contributed by atoms with Gasteiger partial charge in [0.2, 0.25) is 0 Å². The Kier molecular flexibility index (Phi) is 5.61. The van der Waals surface area contributed by atoms with Crippen LogP contribution in [0, 0.1) is 6.92 Å². The molecule has 1 aromatic carbocycles. The summed E-state index contributed by atoms with van der Waals surface area (Å²) in [5.74, 6) is -0.0531. The van der Waals surface area contributed by atoms with Gasteiger partial charge in [-0.25, -0.2) is 0 Å². The van der Waals surface area contributed by atoms with Crippen molar-refractivity contribution in [1.29, 1.82) is 0 Å². The molecular formula is C19H27N3O2S. The molecule has 0 bridgehead atoms. The Morgan fingerprint density at radius 1 is 1.48 bits per heavy atom. The Bertz CT molecular complexity index is 772. The van der Waals surface area contributed by atoms with Crippen molar-refractivity contribution < 1.29 is 9.53 Å². The quantitative estimate of drug-likeness (QED) is 0.858. The molecule has 5 nitrogen and oxygen atoms in total. The number of piperidine rings is 1. The molecule has 0 saturated carbocycles. The fourth-order valence-electron chi connectivity index (χ4n) is 3.64. The molecule has 6 heteroatoms. The molecule has 3 rings (SSSR count). The standard InChI is InChI=1S/C19H27N3O2S/c1-4-22-7-5-6-14(10-22)21-19(23)18-17(20)16-13(11-24-3)8-12(2)9-15(16)25-18/h8-9,14H,4-7,10-11,20H2,1-3H3,(H,21,23). The molecule has 25 heavy (non-hydrogen) atoms. The second kappa shape index (κ2) is 7.72. The Labute approximate surface area is 153 Å². The number of nitrogens with zero attached hydrogens (tertiary/aromatic N) is 1. The molecule has 1 fully saturated rings. The van der Waals surface area contributed by atoms with E-state index in [1.54, 1.807) is 7.11 Å². The van der Waals surface area contributed by atoms with Crippen LogP contribution in [0.3, 0.4) is 0 Å². The lowest BCUT2D eigenvalue weighted by atomic mass is 10.0. The molecule has 0 aliphatic carbocycles. The van der Waals surface area contributed by atoms with E-state index in [9.17, 15) is 4.79 Å². The number of benzene rings is 1. The lowest BCUT2D eigenvalue weighted by Crippen LogP contribution is -2.47. The second-order valence-electron chi connectivity index (χ2n) is 6.78. The topological polar surface area (TPSA) is 67.6 Å². The lowest BCUT2D eigenvalue weighted by molar-refractivity contribution is 0.0911. The first-order valence-corrected chi connectivity index (χ1v) is 9.68. The number of hydrogen-bond donors (Lipinski definition) is 2. The lowest BCUT2D eigenvalue weighted by Gasteiger charge is -2.32. The maximum Gasteiger partial charge on any atom is 0.263 e. The van der Waals surface area contributed by atoms with Gasteiger partial charge in [0.15, 0.2) is 0 Å². The Morgan fingerprint density at radius 2 is 2.28 bits per heavy atom. The van der Waals surface area contributed by atoms with Crippen molar-refractivity contribution in [3.05, 3.63) is 28.1 Å². The number of ether oxygens (including phenoxy) is 1. The van der Waals surface area contributed by atoms with Gasteiger partial charge < -0.3 is 20.7 Å². The van der Waals surface area contributed by atoms with Gasteiger partial charge in [0, 0.05) is 29.8 Å². The van der Waals surface area contributed by atoms with Crippen molar-refractivity contribution in [3.63, 3.8) is 0 Å². The number of carbonyl (C=O) groups excluding carboxylic acids is 1. The number of amides is 1. The molecule has 3 N–H and O–H groups in total. The first-order chi connectivity index (χ1) is 12.0. The average Bonchev–Trinajstić information content (AvgIpc) is 2.92. The van der Waals surface area contributed by atoms with E-state index in [4.69, 9.17) is 10.5 Å². The number of carbonyl (C=O) groups is 1. The molecule has 1 saturated heterocycles. The van der Waals surface area contributed by atoms with Gasteiger partial charge in [-0.1, -0.05) is 13.0 Å². The number of anilines is 1. The number of likely N-dealkylation sites (N-methyl/N-ethyl adjacent to an activating group) is 1. The molecule has 0 radical (unpaired) electrons. The molecular weight excluding hydrogens is 334 g/mol. The predicted octanol–water partition coefficient (Wildman–Crippen LogP) is 3.15. The third-order valence-corrected chi connectivity index (χ3v) is 6.00. The van der Waals surface area contributed by atoms with Crippen molar-refractivity contribution in [2.75, 3.05) is 32.5 Å². The van der Waals surface area contributed by atoms with Gasteiger partial charge in [-0.15, -0.1) is 11.3 Å². The number of likely N-dealkylation sites (tertiary alicyclic amines) is 1. The van der Waals surface area contributed by atoms with E-state index in [2.05, 4.69) is 36.2 Å². The number of methoxy groups -OCH3 is 1. The van der Waals surface area contributed by atoms with Crippen LogP contribution in [0.15, 0.2) is 12.1 Å².